The zero-order chi connectivity index (χ0) is 21.6. The summed E-state index contributed by atoms with van der Waals surface area (Å²) in [6, 6.07) is 3.00. The number of aryl methyl sites for hydroxylation is 1. The van der Waals surface area contributed by atoms with Gasteiger partial charge in [-0.15, -0.1) is 0 Å². The fourth-order valence-electron chi connectivity index (χ4n) is 3.87. The first-order valence-corrected chi connectivity index (χ1v) is 9.81. The molecule has 2 aromatic heterocycles. The first-order valence-electron chi connectivity index (χ1n) is 9.43. The van der Waals surface area contributed by atoms with Crippen LogP contribution < -0.4 is 15.4 Å². The molecule has 0 aromatic carbocycles. The molecule has 2 fully saturated rings. The van der Waals surface area contributed by atoms with Gasteiger partial charge in [0.05, 0.1) is 24.9 Å². The first-order chi connectivity index (χ1) is 14.3. The molecule has 0 spiro atoms. The Morgan fingerprint density at radius 1 is 1.20 bits per heavy atom. The highest BCUT2D eigenvalue weighted by molar-refractivity contribution is 6.31. The van der Waals surface area contributed by atoms with Crippen molar-refractivity contribution < 1.29 is 20.1 Å². The molecule has 10 heteroatoms. The van der Waals surface area contributed by atoms with Gasteiger partial charge in [0, 0.05) is 24.6 Å². The van der Waals surface area contributed by atoms with E-state index in [2.05, 4.69) is 37.4 Å². The average Bonchev–Trinajstić information content (AvgIpc) is 3.14. The van der Waals surface area contributed by atoms with E-state index in [9.17, 15) is 15.3 Å². The molecule has 5 unspecified atom stereocenters. The number of fused-ring (bicyclic) bond motifs is 1. The van der Waals surface area contributed by atoms with Crippen LogP contribution in [0.5, 0.6) is 5.88 Å². The van der Waals surface area contributed by atoms with Gasteiger partial charge in [0.2, 0.25) is 11.8 Å². The van der Waals surface area contributed by atoms with E-state index in [0.29, 0.717) is 34.9 Å². The Morgan fingerprint density at radius 2 is 1.97 bits per heavy atom. The summed E-state index contributed by atoms with van der Waals surface area (Å²) >= 11 is 6.36. The highest BCUT2D eigenvalue weighted by Gasteiger charge is 2.74. The van der Waals surface area contributed by atoms with Crippen LogP contribution in [0.1, 0.15) is 23.2 Å². The first kappa shape index (κ1) is 20.6. The maximum absolute atomic E-state index is 10.4. The van der Waals surface area contributed by atoms with Crippen LogP contribution in [0.15, 0.2) is 12.1 Å². The molecule has 0 saturated heterocycles. The Balaban J connectivity index is 1.66. The summed E-state index contributed by atoms with van der Waals surface area (Å²) < 4.78 is 5.11. The third kappa shape index (κ3) is 3.32. The van der Waals surface area contributed by atoms with Crippen molar-refractivity contribution in [2.75, 3.05) is 24.8 Å². The van der Waals surface area contributed by atoms with Crippen LogP contribution in [-0.2, 0) is 0 Å². The minimum absolute atomic E-state index is 0.139. The second-order valence-electron chi connectivity index (χ2n) is 7.42. The quantitative estimate of drug-likeness (QED) is 0.347. The summed E-state index contributed by atoms with van der Waals surface area (Å²) in [5, 5.41) is 36.7. The van der Waals surface area contributed by atoms with Gasteiger partial charge in [-0.25, -0.2) is 4.98 Å². The number of hydrogen-bond acceptors (Lipinski definition) is 9. The van der Waals surface area contributed by atoms with Gasteiger partial charge in [0.25, 0.3) is 0 Å². The van der Waals surface area contributed by atoms with Gasteiger partial charge >= 0.3 is 0 Å². The third-order valence-corrected chi connectivity index (χ3v) is 5.98. The molecule has 0 bridgehead atoms. The van der Waals surface area contributed by atoms with E-state index in [-0.39, 0.29) is 17.0 Å². The van der Waals surface area contributed by atoms with Crippen LogP contribution in [0.3, 0.4) is 0 Å². The van der Waals surface area contributed by atoms with E-state index < -0.39 is 23.9 Å². The molecular formula is C20H22ClN5O4. The molecule has 5 atom stereocenters. The lowest BCUT2D eigenvalue weighted by atomic mass is 10.1. The largest absolute Gasteiger partial charge is 0.481 e. The van der Waals surface area contributed by atoms with Gasteiger partial charge < -0.3 is 30.7 Å². The van der Waals surface area contributed by atoms with Gasteiger partial charge in [-0.2, -0.15) is 9.97 Å². The average molecular weight is 432 g/mol. The van der Waals surface area contributed by atoms with Crippen molar-refractivity contribution in [3.63, 3.8) is 0 Å². The number of anilines is 2. The monoisotopic (exact) mass is 431 g/mol. The molecule has 158 valence electrons. The van der Waals surface area contributed by atoms with Crippen molar-refractivity contribution in [2.45, 2.75) is 37.2 Å². The van der Waals surface area contributed by atoms with Crippen molar-refractivity contribution in [3.05, 3.63) is 34.1 Å². The highest BCUT2D eigenvalue weighted by Crippen LogP contribution is 2.56. The van der Waals surface area contributed by atoms with Crippen LogP contribution >= 0.6 is 11.6 Å². The fraction of sp³-hybridized carbons (Fsp3) is 0.450. The predicted octanol–water partition coefficient (Wildman–Crippen LogP) is 0.550. The Kier molecular flexibility index (Phi) is 5.20. The standard InChI is InChI=1S/C20H22ClN5O4/c1-9-10(5-7-14(23-9)30-3)4-6-11-17(21)25-19(22-2)26-18(11)24-13-8-12-15(27)20(12,29)16(13)28/h5,7,12-13,15-16,27-29H,8H2,1-3H3,(H2,22,24,25,26). The van der Waals surface area contributed by atoms with Crippen LogP contribution in [0.25, 0.3) is 0 Å². The number of pyridine rings is 1. The van der Waals surface area contributed by atoms with Crippen molar-refractivity contribution in [3.8, 4) is 17.7 Å². The molecule has 2 aliphatic carbocycles. The Bertz CT molecular complexity index is 1060. The second-order valence-corrected chi connectivity index (χ2v) is 7.78. The third-order valence-electron chi connectivity index (χ3n) is 5.70. The van der Waals surface area contributed by atoms with Crippen LogP contribution in [-0.4, -0.2) is 68.3 Å². The zero-order valence-corrected chi connectivity index (χ0v) is 17.4. The molecule has 0 aliphatic heterocycles. The summed E-state index contributed by atoms with van der Waals surface area (Å²) in [7, 11) is 3.20. The number of ether oxygens (including phenoxy) is 1. The number of aliphatic hydroxyl groups is 3. The van der Waals surface area contributed by atoms with Crippen LogP contribution in [0.4, 0.5) is 11.8 Å². The normalized spacial score (nSPS) is 28.9. The SMILES string of the molecule is CNc1nc(Cl)c(C#Cc2ccc(OC)nc2C)c(NC2CC3C(O)C3(O)C2O)n1. The van der Waals surface area contributed by atoms with Crippen molar-refractivity contribution in [2.24, 2.45) is 5.92 Å². The van der Waals surface area contributed by atoms with E-state index >= 15 is 0 Å². The summed E-state index contributed by atoms with van der Waals surface area (Å²) in [5.74, 6) is 6.75. The smallest absolute Gasteiger partial charge is 0.225 e. The number of rotatable bonds is 4. The molecule has 4 rings (SSSR count). The molecule has 0 radical (unpaired) electrons. The number of aromatic nitrogens is 3. The molecule has 2 aromatic rings. The lowest BCUT2D eigenvalue weighted by Crippen LogP contribution is -2.42. The summed E-state index contributed by atoms with van der Waals surface area (Å²) in [6.07, 6.45) is -1.65. The van der Waals surface area contributed by atoms with Crippen molar-refractivity contribution >= 4 is 23.4 Å². The van der Waals surface area contributed by atoms with E-state index in [4.69, 9.17) is 16.3 Å². The zero-order valence-electron chi connectivity index (χ0n) is 16.6. The van der Waals surface area contributed by atoms with E-state index in [1.165, 1.54) is 0 Å². The summed E-state index contributed by atoms with van der Waals surface area (Å²) in [6.45, 7) is 1.82. The maximum Gasteiger partial charge on any atom is 0.225 e. The van der Waals surface area contributed by atoms with Crippen LogP contribution in [0.2, 0.25) is 5.15 Å². The summed E-state index contributed by atoms with van der Waals surface area (Å²) in [4.78, 5) is 12.9. The molecule has 2 aliphatic rings. The number of aliphatic hydroxyl groups excluding tert-OH is 2. The molecule has 2 saturated carbocycles. The lowest BCUT2D eigenvalue weighted by Gasteiger charge is -2.24. The number of nitrogens with one attached hydrogen (secondary N) is 2. The fourth-order valence-corrected chi connectivity index (χ4v) is 4.09. The van der Waals surface area contributed by atoms with Crippen molar-refractivity contribution in [1.82, 2.24) is 15.0 Å². The van der Waals surface area contributed by atoms with E-state index in [1.54, 1.807) is 26.3 Å². The maximum atomic E-state index is 10.4. The van der Waals surface area contributed by atoms with Gasteiger partial charge in [-0.1, -0.05) is 23.4 Å². The minimum Gasteiger partial charge on any atom is -0.481 e. The van der Waals surface area contributed by atoms with Crippen molar-refractivity contribution in [1.29, 1.82) is 0 Å². The Labute approximate surface area is 178 Å². The van der Waals surface area contributed by atoms with Gasteiger partial charge in [0.15, 0.2) is 5.15 Å². The second kappa shape index (κ2) is 7.56. The van der Waals surface area contributed by atoms with E-state index in [0.717, 1.165) is 0 Å². The Morgan fingerprint density at radius 3 is 2.57 bits per heavy atom. The van der Waals surface area contributed by atoms with Gasteiger partial charge in [0.1, 0.15) is 23.1 Å². The predicted molar refractivity (Wildman–Crippen MR) is 111 cm³/mol. The molecule has 9 nitrogen and oxygen atoms in total. The lowest BCUT2D eigenvalue weighted by molar-refractivity contribution is -0.0262. The number of hydrogen-bond donors (Lipinski definition) is 5. The number of methoxy groups -OCH3 is 1. The molecule has 30 heavy (non-hydrogen) atoms. The van der Waals surface area contributed by atoms with Crippen LogP contribution in [0, 0.1) is 24.7 Å². The topological polar surface area (TPSA) is 133 Å². The number of nitrogens with zero attached hydrogens (tertiary/aromatic N) is 3. The van der Waals surface area contributed by atoms with Gasteiger partial charge in [-0.3, -0.25) is 0 Å². The highest BCUT2D eigenvalue weighted by atomic mass is 35.5. The molecule has 0 amide bonds. The molecule has 5 N–H and O–H groups in total. The Hall–Kier alpha value is -2.64. The summed E-state index contributed by atoms with van der Waals surface area (Å²) in [5.41, 5.74) is 0.266. The molecule has 2 heterocycles. The van der Waals surface area contributed by atoms with E-state index in [1.807, 2.05) is 6.92 Å². The minimum atomic E-state index is -1.47. The van der Waals surface area contributed by atoms with Gasteiger partial charge in [-0.05, 0) is 19.4 Å². The number of halogens is 1. The molecular weight excluding hydrogens is 410 g/mol.